The Bertz CT molecular complexity index is 446. The molecule has 1 aromatic heterocycles. The number of rotatable bonds is 2. The van der Waals surface area contributed by atoms with Gasteiger partial charge < -0.3 is 9.63 Å². The highest BCUT2D eigenvalue weighted by atomic mass is 32.2. The molecule has 1 aliphatic carbocycles. The van der Waals surface area contributed by atoms with Crippen molar-refractivity contribution in [3.63, 3.8) is 0 Å². The minimum Gasteiger partial charge on any atom is -0.393 e. The van der Waals surface area contributed by atoms with Gasteiger partial charge in [-0.05, 0) is 25.7 Å². The molecule has 1 saturated heterocycles. The average molecular weight is 314 g/mol. The molecule has 112 valence electrons. The van der Waals surface area contributed by atoms with Crippen LogP contribution in [-0.2, 0) is 0 Å². The van der Waals surface area contributed by atoms with Gasteiger partial charge in [0.05, 0.1) is 11.4 Å². The second-order valence-corrected chi connectivity index (χ2v) is 8.86. The van der Waals surface area contributed by atoms with Gasteiger partial charge in [-0.3, -0.25) is 0 Å². The zero-order valence-electron chi connectivity index (χ0n) is 12.0. The van der Waals surface area contributed by atoms with Gasteiger partial charge >= 0.3 is 0 Å². The first-order chi connectivity index (χ1) is 9.63. The summed E-state index contributed by atoms with van der Waals surface area (Å²) in [5.41, 5.74) is 0. The fourth-order valence-electron chi connectivity index (χ4n) is 2.79. The van der Waals surface area contributed by atoms with E-state index in [1.165, 1.54) is 0 Å². The van der Waals surface area contributed by atoms with Gasteiger partial charge in [-0.2, -0.15) is 16.7 Å². The van der Waals surface area contributed by atoms with Gasteiger partial charge in [0, 0.05) is 22.2 Å². The van der Waals surface area contributed by atoms with E-state index in [2.05, 4.69) is 24.0 Å². The highest BCUT2D eigenvalue weighted by Crippen LogP contribution is 2.43. The van der Waals surface area contributed by atoms with E-state index in [-0.39, 0.29) is 6.10 Å². The minimum atomic E-state index is -0.138. The largest absolute Gasteiger partial charge is 0.393 e. The first-order valence-electron chi connectivity index (χ1n) is 7.42. The maximum atomic E-state index is 9.56. The number of aliphatic hydroxyl groups is 1. The molecule has 3 atom stereocenters. The molecular weight excluding hydrogens is 292 g/mol. The lowest BCUT2D eigenvalue weighted by molar-refractivity contribution is 0.116. The number of thioether (sulfide) groups is 2. The summed E-state index contributed by atoms with van der Waals surface area (Å²) >= 11 is 3.96. The smallest absolute Gasteiger partial charge is 0.229 e. The van der Waals surface area contributed by atoms with Gasteiger partial charge in [0.25, 0.3) is 0 Å². The third-order valence-electron chi connectivity index (χ3n) is 4.34. The Kier molecular flexibility index (Phi) is 4.62. The van der Waals surface area contributed by atoms with Crippen molar-refractivity contribution in [2.45, 2.75) is 67.3 Å². The Morgan fingerprint density at radius 3 is 2.60 bits per heavy atom. The summed E-state index contributed by atoms with van der Waals surface area (Å²) in [6.45, 7) is 4.56. The van der Waals surface area contributed by atoms with Crippen molar-refractivity contribution in [2.24, 2.45) is 0 Å². The summed E-state index contributed by atoms with van der Waals surface area (Å²) in [5.74, 6) is 3.06. The van der Waals surface area contributed by atoms with E-state index in [9.17, 15) is 5.11 Å². The van der Waals surface area contributed by atoms with Crippen molar-refractivity contribution in [3.8, 4) is 0 Å². The molecule has 2 fully saturated rings. The molecule has 0 amide bonds. The molecule has 0 bridgehead atoms. The normalized spacial score (nSPS) is 38.9. The van der Waals surface area contributed by atoms with Crippen molar-refractivity contribution in [2.75, 3.05) is 5.75 Å². The molecule has 4 nitrogen and oxygen atoms in total. The lowest BCUT2D eigenvalue weighted by Crippen LogP contribution is -2.22. The van der Waals surface area contributed by atoms with Crippen LogP contribution >= 0.6 is 23.5 Å². The molecule has 0 radical (unpaired) electrons. The monoisotopic (exact) mass is 314 g/mol. The fourth-order valence-corrected chi connectivity index (χ4v) is 5.62. The molecule has 0 aromatic carbocycles. The Labute approximate surface area is 128 Å². The van der Waals surface area contributed by atoms with Crippen molar-refractivity contribution in [1.29, 1.82) is 0 Å². The van der Waals surface area contributed by atoms with Crippen molar-refractivity contribution < 1.29 is 9.63 Å². The third-order valence-corrected chi connectivity index (χ3v) is 7.73. The zero-order chi connectivity index (χ0) is 14.1. The Balaban J connectivity index is 1.65. The van der Waals surface area contributed by atoms with Crippen molar-refractivity contribution in [1.82, 2.24) is 10.1 Å². The van der Waals surface area contributed by atoms with Crippen molar-refractivity contribution in [3.05, 3.63) is 11.7 Å². The van der Waals surface area contributed by atoms with E-state index < -0.39 is 0 Å². The second-order valence-electron chi connectivity index (χ2n) is 5.86. The van der Waals surface area contributed by atoms with Crippen LogP contribution in [0, 0.1) is 0 Å². The van der Waals surface area contributed by atoms with E-state index in [4.69, 9.17) is 4.52 Å². The predicted octanol–water partition coefficient (Wildman–Crippen LogP) is 3.39. The average Bonchev–Trinajstić information content (AvgIpc) is 2.92. The Morgan fingerprint density at radius 1 is 1.15 bits per heavy atom. The molecule has 2 heterocycles. The second kappa shape index (κ2) is 6.28. The highest BCUT2D eigenvalue weighted by Gasteiger charge is 2.31. The maximum absolute atomic E-state index is 9.56. The summed E-state index contributed by atoms with van der Waals surface area (Å²) in [6, 6.07) is 0. The van der Waals surface area contributed by atoms with Crippen LogP contribution in [0.2, 0.25) is 0 Å². The number of aromatic nitrogens is 2. The topological polar surface area (TPSA) is 59.2 Å². The molecule has 6 heteroatoms. The first-order valence-corrected chi connectivity index (χ1v) is 9.41. The summed E-state index contributed by atoms with van der Waals surface area (Å²) in [6.07, 6.45) is 3.49. The Morgan fingerprint density at radius 2 is 1.90 bits per heavy atom. The fraction of sp³-hybridized carbons (Fsp3) is 0.857. The van der Waals surface area contributed by atoms with E-state index in [0.717, 1.165) is 43.2 Å². The van der Waals surface area contributed by atoms with Crippen LogP contribution in [0.15, 0.2) is 4.52 Å². The number of hydrogen-bond acceptors (Lipinski definition) is 6. The summed E-state index contributed by atoms with van der Waals surface area (Å²) < 4.78 is 5.49. The van der Waals surface area contributed by atoms with Gasteiger partial charge in [0.1, 0.15) is 0 Å². The highest BCUT2D eigenvalue weighted by molar-refractivity contribution is 8.07. The van der Waals surface area contributed by atoms with Crippen LogP contribution in [0.5, 0.6) is 0 Å². The van der Waals surface area contributed by atoms with Gasteiger partial charge in [-0.25, -0.2) is 0 Å². The standard InChI is InChI=1S/C14H22N2O2S2/c1-8-9(2)20-12(7-19-8)13-15-14(18-16-13)10-3-5-11(17)6-4-10/h8-12,17H,3-7H2,1-2H3. The van der Waals surface area contributed by atoms with Crippen molar-refractivity contribution >= 4 is 23.5 Å². The van der Waals surface area contributed by atoms with E-state index in [0.29, 0.717) is 21.7 Å². The van der Waals surface area contributed by atoms with Crippen LogP contribution in [0.25, 0.3) is 0 Å². The van der Waals surface area contributed by atoms with Crippen LogP contribution in [0.1, 0.15) is 62.4 Å². The first kappa shape index (κ1) is 14.7. The zero-order valence-corrected chi connectivity index (χ0v) is 13.6. The van der Waals surface area contributed by atoms with Gasteiger partial charge in [0.15, 0.2) is 5.82 Å². The van der Waals surface area contributed by atoms with Gasteiger partial charge in [-0.1, -0.05) is 19.0 Å². The molecule has 1 saturated carbocycles. The van der Waals surface area contributed by atoms with Gasteiger partial charge in [-0.15, -0.1) is 11.8 Å². The van der Waals surface area contributed by atoms with Crippen LogP contribution in [-0.4, -0.2) is 37.6 Å². The van der Waals surface area contributed by atoms with Gasteiger partial charge in [0.2, 0.25) is 5.89 Å². The molecule has 1 N–H and O–H groups in total. The third kappa shape index (κ3) is 3.17. The van der Waals surface area contributed by atoms with Crippen LogP contribution in [0.4, 0.5) is 0 Å². The number of aliphatic hydroxyl groups excluding tert-OH is 1. The summed E-state index contributed by atoms with van der Waals surface area (Å²) in [7, 11) is 0. The molecule has 2 aliphatic rings. The van der Waals surface area contributed by atoms with E-state index in [1.807, 2.05) is 23.5 Å². The van der Waals surface area contributed by atoms with Crippen LogP contribution < -0.4 is 0 Å². The molecule has 1 aliphatic heterocycles. The quantitative estimate of drug-likeness (QED) is 0.903. The molecule has 0 spiro atoms. The molecule has 1 aromatic rings. The Hall–Kier alpha value is -0.200. The van der Waals surface area contributed by atoms with E-state index in [1.54, 1.807) is 0 Å². The lowest BCUT2D eigenvalue weighted by atomic mass is 9.87. The molecule has 20 heavy (non-hydrogen) atoms. The summed E-state index contributed by atoms with van der Waals surface area (Å²) in [5, 5.41) is 15.5. The predicted molar refractivity (Wildman–Crippen MR) is 83.2 cm³/mol. The molecular formula is C14H22N2O2S2. The maximum Gasteiger partial charge on any atom is 0.229 e. The van der Waals surface area contributed by atoms with Crippen LogP contribution in [0.3, 0.4) is 0 Å². The minimum absolute atomic E-state index is 0.138. The number of nitrogens with zero attached hydrogens (tertiary/aromatic N) is 2. The summed E-state index contributed by atoms with van der Waals surface area (Å²) in [4.78, 5) is 4.65. The molecule has 3 unspecified atom stereocenters. The number of hydrogen-bond donors (Lipinski definition) is 1. The SMILES string of the molecule is CC1SCC(c2noc(C3CCC(O)CC3)n2)SC1C. The lowest BCUT2D eigenvalue weighted by Gasteiger charge is -2.29. The molecule has 3 rings (SSSR count). The van der Waals surface area contributed by atoms with E-state index >= 15 is 0 Å².